The van der Waals surface area contributed by atoms with E-state index in [1.807, 2.05) is 13.2 Å². The summed E-state index contributed by atoms with van der Waals surface area (Å²) in [5.74, 6) is 0. The fraction of sp³-hybridized carbons (Fsp3) is 0.769. The molecule has 0 amide bonds. The van der Waals surface area contributed by atoms with Crippen LogP contribution in [0.4, 0.5) is 0 Å². The number of hydrogen-bond donors (Lipinski definition) is 1. The van der Waals surface area contributed by atoms with Gasteiger partial charge in [-0.1, -0.05) is 6.92 Å². The minimum absolute atomic E-state index is 0.447. The molecule has 18 heavy (non-hydrogen) atoms. The third-order valence-electron chi connectivity index (χ3n) is 4.08. The summed E-state index contributed by atoms with van der Waals surface area (Å²) in [6.07, 6.45) is 4.49. The van der Waals surface area contributed by atoms with E-state index < -0.39 is 0 Å². The van der Waals surface area contributed by atoms with E-state index in [2.05, 4.69) is 49.7 Å². The Morgan fingerprint density at radius 3 is 2.61 bits per heavy atom. The van der Waals surface area contributed by atoms with Crippen LogP contribution >= 0.6 is 15.9 Å². The Labute approximate surface area is 118 Å². The first-order valence-corrected chi connectivity index (χ1v) is 7.35. The lowest BCUT2D eigenvalue weighted by atomic mass is 9.80. The lowest BCUT2D eigenvalue weighted by molar-refractivity contribution is 0.136. The quantitative estimate of drug-likeness (QED) is 0.923. The topological polar surface area (TPSA) is 33.1 Å². The van der Waals surface area contributed by atoms with Crippen molar-refractivity contribution in [1.29, 1.82) is 0 Å². The molecule has 1 aromatic heterocycles. The molecular weight excluding hydrogens is 292 g/mol. The van der Waals surface area contributed by atoms with Gasteiger partial charge in [-0.15, -0.1) is 0 Å². The van der Waals surface area contributed by atoms with E-state index in [1.165, 1.54) is 31.6 Å². The molecule has 0 spiro atoms. The number of rotatable bonds is 4. The second-order valence-corrected chi connectivity index (χ2v) is 6.50. The van der Waals surface area contributed by atoms with Gasteiger partial charge in [0.15, 0.2) is 4.73 Å². The van der Waals surface area contributed by atoms with E-state index in [4.69, 9.17) is 0 Å². The lowest BCUT2D eigenvalue weighted by Gasteiger charge is -2.38. The molecular formula is C13H23BrN4. The maximum atomic E-state index is 4.24. The zero-order valence-electron chi connectivity index (χ0n) is 11.5. The second kappa shape index (κ2) is 5.72. The first kappa shape index (κ1) is 14.0. The van der Waals surface area contributed by atoms with Gasteiger partial charge in [-0.2, -0.15) is 0 Å². The van der Waals surface area contributed by atoms with Gasteiger partial charge in [0.25, 0.3) is 0 Å². The van der Waals surface area contributed by atoms with Gasteiger partial charge < -0.3 is 14.8 Å². The van der Waals surface area contributed by atoms with Crippen molar-refractivity contribution < 1.29 is 0 Å². The maximum absolute atomic E-state index is 4.24. The molecule has 0 unspecified atom stereocenters. The molecule has 1 aliphatic heterocycles. The van der Waals surface area contributed by atoms with Crippen LogP contribution in [0, 0.1) is 5.41 Å². The molecule has 0 saturated carbocycles. The van der Waals surface area contributed by atoms with Gasteiger partial charge >= 0.3 is 0 Å². The van der Waals surface area contributed by atoms with Gasteiger partial charge in [-0.3, -0.25) is 0 Å². The third kappa shape index (κ3) is 3.33. The Morgan fingerprint density at radius 2 is 2.06 bits per heavy atom. The van der Waals surface area contributed by atoms with E-state index in [-0.39, 0.29) is 0 Å². The summed E-state index contributed by atoms with van der Waals surface area (Å²) < 4.78 is 2.97. The molecule has 1 aromatic rings. The summed E-state index contributed by atoms with van der Waals surface area (Å²) in [5.41, 5.74) is 1.67. The van der Waals surface area contributed by atoms with E-state index in [0.717, 1.165) is 17.8 Å². The zero-order chi connectivity index (χ0) is 13.2. The SMILES string of the molecule is CN1CCC(C)(CNCc2cnc(Br)n2C)CC1. The van der Waals surface area contributed by atoms with Crippen LogP contribution in [0.25, 0.3) is 0 Å². The second-order valence-electron chi connectivity index (χ2n) is 5.80. The van der Waals surface area contributed by atoms with Gasteiger partial charge in [-0.05, 0) is 54.3 Å². The largest absolute Gasteiger partial charge is 0.325 e. The van der Waals surface area contributed by atoms with Crippen molar-refractivity contribution in [2.24, 2.45) is 12.5 Å². The molecule has 102 valence electrons. The molecule has 0 aromatic carbocycles. The van der Waals surface area contributed by atoms with Crippen LogP contribution in [0.2, 0.25) is 0 Å². The summed E-state index contributed by atoms with van der Waals surface area (Å²) in [7, 11) is 4.24. The van der Waals surface area contributed by atoms with Crippen LogP contribution < -0.4 is 5.32 Å². The Kier molecular flexibility index (Phi) is 4.45. The van der Waals surface area contributed by atoms with Gasteiger partial charge in [0.05, 0.1) is 11.9 Å². The van der Waals surface area contributed by atoms with Crippen molar-refractivity contribution in [3.05, 3.63) is 16.6 Å². The molecule has 1 N–H and O–H groups in total. The number of halogens is 1. The van der Waals surface area contributed by atoms with Crippen LogP contribution in [0.3, 0.4) is 0 Å². The van der Waals surface area contributed by atoms with Gasteiger partial charge in [0.1, 0.15) is 0 Å². The highest BCUT2D eigenvalue weighted by Crippen LogP contribution is 2.29. The first-order valence-electron chi connectivity index (χ1n) is 6.55. The Balaban J connectivity index is 1.80. The molecule has 2 heterocycles. The Bertz CT molecular complexity index is 394. The molecule has 0 aliphatic carbocycles. The molecule has 1 fully saturated rings. The minimum Gasteiger partial charge on any atom is -0.325 e. The highest BCUT2D eigenvalue weighted by Gasteiger charge is 2.28. The Hall–Kier alpha value is -0.390. The average Bonchev–Trinajstić information content (AvgIpc) is 2.65. The maximum Gasteiger partial charge on any atom is 0.177 e. The fourth-order valence-electron chi connectivity index (χ4n) is 2.41. The summed E-state index contributed by atoms with van der Waals surface area (Å²) in [5, 5.41) is 3.58. The first-order chi connectivity index (χ1) is 8.50. The number of imidazole rings is 1. The highest BCUT2D eigenvalue weighted by atomic mass is 79.9. The van der Waals surface area contributed by atoms with Crippen LogP contribution in [0.1, 0.15) is 25.5 Å². The zero-order valence-corrected chi connectivity index (χ0v) is 13.1. The number of piperidine rings is 1. The highest BCUT2D eigenvalue weighted by molar-refractivity contribution is 9.10. The van der Waals surface area contributed by atoms with Crippen LogP contribution in [-0.2, 0) is 13.6 Å². The van der Waals surface area contributed by atoms with Crippen molar-refractivity contribution in [2.75, 3.05) is 26.7 Å². The van der Waals surface area contributed by atoms with E-state index in [1.54, 1.807) is 0 Å². The number of nitrogens with one attached hydrogen (secondary N) is 1. The monoisotopic (exact) mass is 314 g/mol. The summed E-state index contributed by atoms with van der Waals surface area (Å²) in [4.78, 5) is 6.66. The number of likely N-dealkylation sites (tertiary alicyclic amines) is 1. The van der Waals surface area contributed by atoms with Crippen molar-refractivity contribution in [3.8, 4) is 0 Å². The summed E-state index contributed by atoms with van der Waals surface area (Å²) in [6.45, 7) is 6.81. The van der Waals surface area contributed by atoms with Crippen molar-refractivity contribution in [2.45, 2.75) is 26.3 Å². The number of nitrogens with zero attached hydrogens (tertiary/aromatic N) is 3. The molecule has 0 bridgehead atoms. The molecule has 5 heteroatoms. The number of hydrogen-bond acceptors (Lipinski definition) is 3. The van der Waals surface area contributed by atoms with E-state index >= 15 is 0 Å². The molecule has 4 nitrogen and oxygen atoms in total. The summed E-state index contributed by atoms with van der Waals surface area (Å²) in [6, 6.07) is 0. The lowest BCUT2D eigenvalue weighted by Crippen LogP contribution is -2.42. The molecule has 1 aliphatic rings. The van der Waals surface area contributed by atoms with E-state index in [9.17, 15) is 0 Å². The van der Waals surface area contributed by atoms with Crippen LogP contribution in [0.15, 0.2) is 10.9 Å². The molecule has 0 radical (unpaired) electrons. The van der Waals surface area contributed by atoms with E-state index in [0.29, 0.717) is 5.41 Å². The van der Waals surface area contributed by atoms with Crippen LogP contribution in [-0.4, -0.2) is 41.1 Å². The summed E-state index contributed by atoms with van der Waals surface area (Å²) >= 11 is 3.42. The van der Waals surface area contributed by atoms with Gasteiger partial charge in [0, 0.05) is 20.1 Å². The predicted molar refractivity (Wildman–Crippen MR) is 77.5 cm³/mol. The normalized spacial score (nSPS) is 20.2. The van der Waals surface area contributed by atoms with Crippen LogP contribution in [0.5, 0.6) is 0 Å². The van der Waals surface area contributed by atoms with Crippen molar-refractivity contribution in [1.82, 2.24) is 19.8 Å². The van der Waals surface area contributed by atoms with Gasteiger partial charge in [-0.25, -0.2) is 4.98 Å². The standard InChI is InChI=1S/C13H23BrN4/c1-13(4-6-17(2)7-5-13)10-15-8-11-9-16-12(14)18(11)3/h9,15H,4-8,10H2,1-3H3. The van der Waals surface area contributed by atoms with Crippen molar-refractivity contribution in [3.63, 3.8) is 0 Å². The predicted octanol–water partition coefficient (Wildman–Crippen LogP) is 2.00. The van der Waals surface area contributed by atoms with Gasteiger partial charge in [0.2, 0.25) is 0 Å². The van der Waals surface area contributed by atoms with Crippen molar-refractivity contribution >= 4 is 15.9 Å². The smallest absolute Gasteiger partial charge is 0.177 e. The fourth-order valence-corrected chi connectivity index (χ4v) is 2.74. The molecule has 2 rings (SSSR count). The Morgan fingerprint density at radius 1 is 1.39 bits per heavy atom. The minimum atomic E-state index is 0.447. The third-order valence-corrected chi connectivity index (χ3v) is 4.82. The average molecular weight is 315 g/mol. The number of aromatic nitrogens is 2. The molecule has 1 saturated heterocycles. The molecule has 0 atom stereocenters.